The van der Waals surface area contributed by atoms with Gasteiger partial charge in [0.2, 0.25) is 0 Å². The third kappa shape index (κ3) is 4.32. The second kappa shape index (κ2) is 7.80. The first-order valence-electron chi connectivity index (χ1n) is 8.18. The molecule has 0 amide bonds. The number of rotatable bonds is 6. The second-order valence-corrected chi connectivity index (χ2v) is 6.45. The molecule has 1 aliphatic rings. The summed E-state index contributed by atoms with van der Waals surface area (Å²) in [5.74, 6) is 0.859. The fraction of sp³-hybridized carbons (Fsp3) is 0.667. The molecule has 2 rings (SSSR count). The second-order valence-electron chi connectivity index (χ2n) is 6.45. The van der Waals surface area contributed by atoms with Gasteiger partial charge >= 0.3 is 0 Å². The smallest absolute Gasteiger partial charge is 0.0252 e. The Hall–Kier alpha value is -0.860. The third-order valence-corrected chi connectivity index (χ3v) is 4.58. The van der Waals surface area contributed by atoms with Crippen molar-refractivity contribution in [2.45, 2.75) is 58.2 Å². The van der Waals surface area contributed by atoms with Crippen LogP contribution in [0.4, 0.5) is 0 Å². The van der Waals surface area contributed by atoms with Gasteiger partial charge in [-0.25, -0.2) is 0 Å². The van der Waals surface area contributed by atoms with Crippen LogP contribution in [0.1, 0.15) is 45.1 Å². The van der Waals surface area contributed by atoms with E-state index < -0.39 is 0 Å². The minimum absolute atomic E-state index is 0.667. The molecule has 0 aliphatic heterocycles. The number of hydrogen-bond acceptors (Lipinski definition) is 2. The van der Waals surface area contributed by atoms with Gasteiger partial charge in [0, 0.05) is 18.6 Å². The van der Waals surface area contributed by atoms with E-state index in [4.69, 9.17) is 0 Å². The molecule has 0 aromatic heterocycles. The van der Waals surface area contributed by atoms with E-state index in [-0.39, 0.29) is 0 Å². The van der Waals surface area contributed by atoms with Gasteiger partial charge in [0.15, 0.2) is 0 Å². The SMILES string of the molecule is CCCNC1CCC(C)CC1N(C)Cc1ccccc1. The van der Waals surface area contributed by atoms with E-state index in [9.17, 15) is 0 Å². The average Bonchev–Trinajstić information content (AvgIpc) is 2.47. The van der Waals surface area contributed by atoms with Crippen molar-refractivity contribution in [3.8, 4) is 0 Å². The Morgan fingerprint density at radius 3 is 2.65 bits per heavy atom. The van der Waals surface area contributed by atoms with Crippen molar-refractivity contribution >= 4 is 0 Å². The lowest BCUT2D eigenvalue weighted by Gasteiger charge is -2.41. The fourth-order valence-corrected chi connectivity index (χ4v) is 3.39. The van der Waals surface area contributed by atoms with Crippen molar-refractivity contribution in [3.05, 3.63) is 35.9 Å². The Morgan fingerprint density at radius 2 is 1.95 bits per heavy atom. The summed E-state index contributed by atoms with van der Waals surface area (Å²) in [5, 5.41) is 3.77. The molecule has 3 unspecified atom stereocenters. The van der Waals surface area contributed by atoms with Crippen LogP contribution in [0.3, 0.4) is 0 Å². The van der Waals surface area contributed by atoms with E-state index in [0.29, 0.717) is 12.1 Å². The van der Waals surface area contributed by atoms with Crippen molar-refractivity contribution < 1.29 is 0 Å². The highest BCUT2D eigenvalue weighted by Gasteiger charge is 2.30. The van der Waals surface area contributed by atoms with E-state index in [0.717, 1.165) is 19.0 Å². The molecule has 1 aliphatic carbocycles. The molecule has 1 aromatic carbocycles. The molecular weight excluding hydrogens is 244 g/mol. The van der Waals surface area contributed by atoms with Crippen LogP contribution in [0, 0.1) is 5.92 Å². The molecule has 1 aromatic rings. The lowest BCUT2D eigenvalue weighted by molar-refractivity contribution is 0.119. The number of nitrogens with zero attached hydrogens (tertiary/aromatic N) is 1. The maximum absolute atomic E-state index is 3.77. The highest BCUT2D eigenvalue weighted by molar-refractivity contribution is 5.14. The molecule has 1 fully saturated rings. The summed E-state index contributed by atoms with van der Waals surface area (Å²) in [4.78, 5) is 2.55. The lowest BCUT2D eigenvalue weighted by atomic mass is 9.82. The summed E-state index contributed by atoms with van der Waals surface area (Å²) < 4.78 is 0. The molecule has 112 valence electrons. The molecule has 0 radical (unpaired) electrons. The fourth-order valence-electron chi connectivity index (χ4n) is 3.39. The highest BCUT2D eigenvalue weighted by Crippen LogP contribution is 2.28. The number of hydrogen-bond donors (Lipinski definition) is 1. The topological polar surface area (TPSA) is 15.3 Å². The highest BCUT2D eigenvalue weighted by atomic mass is 15.2. The van der Waals surface area contributed by atoms with Crippen molar-refractivity contribution in [3.63, 3.8) is 0 Å². The molecule has 1 N–H and O–H groups in total. The van der Waals surface area contributed by atoms with Crippen LogP contribution in [-0.4, -0.2) is 30.6 Å². The monoisotopic (exact) mass is 274 g/mol. The van der Waals surface area contributed by atoms with Gasteiger partial charge in [0.1, 0.15) is 0 Å². The first-order chi connectivity index (χ1) is 9.70. The van der Waals surface area contributed by atoms with Crippen LogP contribution in [0.5, 0.6) is 0 Å². The molecule has 3 atom stereocenters. The zero-order valence-corrected chi connectivity index (χ0v) is 13.3. The van der Waals surface area contributed by atoms with Gasteiger partial charge in [-0.3, -0.25) is 4.90 Å². The van der Waals surface area contributed by atoms with E-state index in [1.165, 1.54) is 31.2 Å². The van der Waals surface area contributed by atoms with Gasteiger partial charge in [0.25, 0.3) is 0 Å². The van der Waals surface area contributed by atoms with Gasteiger partial charge in [-0.15, -0.1) is 0 Å². The zero-order valence-electron chi connectivity index (χ0n) is 13.3. The molecule has 20 heavy (non-hydrogen) atoms. The molecule has 2 heteroatoms. The Bertz CT molecular complexity index is 374. The summed E-state index contributed by atoms with van der Waals surface area (Å²) in [7, 11) is 2.29. The summed E-state index contributed by atoms with van der Waals surface area (Å²) in [6.07, 6.45) is 5.24. The van der Waals surface area contributed by atoms with Crippen molar-refractivity contribution in [2.24, 2.45) is 5.92 Å². The zero-order chi connectivity index (χ0) is 14.4. The van der Waals surface area contributed by atoms with Gasteiger partial charge in [-0.1, -0.05) is 44.2 Å². The van der Waals surface area contributed by atoms with E-state index in [2.05, 4.69) is 61.4 Å². The minimum atomic E-state index is 0.667. The molecule has 0 spiro atoms. The Kier molecular flexibility index (Phi) is 6.06. The normalized spacial score (nSPS) is 26.9. The summed E-state index contributed by atoms with van der Waals surface area (Å²) in [6.45, 7) is 6.86. The maximum Gasteiger partial charge on any atom is 0.0252 e. The Labute approximate surface area is 124 Å². The van der Waals surface area contributed by atoms with Crippen molar-refractivity contribution in [2.75, 3.05) is 13.6 Å². The molecule has 0 heterocycles. The van der Waals surface area contributed by atoms with Crippen LogP contribution >= 0.6 is 0 Å². The molecule has 0 bridgehead atoms. The first kappa shape index (κ1) is 15.5. The quantitative estimate of drug-likeness (QED) is 0.851. The van der Waals surface area contributed by atoms with Gasteiger partial charge in [-0.05, 0) is 50.8 Å². The molecule has 1 saturated carbocycles. The van der Waals surface area contributed by atoms with Crippen LogP contribution in [-0.2, 0) is 6.54 Å². The lowest BCUT2D eigenvalue weighted by Crippen LogP contribution is -2.51. The van der Waals surface area contributed by atoms with Crippen LogP contribution < -0.4 is 5.32 Å². The van der Waals surface area contributed by atoms with Gasteiger partial charge in [-0.2, -0.15) is 0 Å². The molecule has 0 saturated heterocycles. The largest absolute Gasteiger partial charge is 0.312 e. The Balaban J connectivity index is 1.97. The number of likely N-dealkylation sites (N-methyl/N-ethyl adjacent to an activating group) is 1. The number of benzene rings is 1. The third-order valence-electron chi connectivity index (χ3n) is 4.58. The maximum atomic E-state index is 3.77. The minimum Gasteiger partial charge on any atom is -0.312 e. The predicted molar refractivity (Wildman–Crippen MR) is 86.8 cm³/mol. The standard InChI is InChI=1S/C18H30N2/c1-4-12-19-17-11-10-15(2)13-18(17)20(3)14-16-8-6-5-7-9-16/h5-9,15,17-19H,4,10-14H2,1-3H3. The first-order valence-corrected chi connectivity index (χ1v) is 8.18. The molecular formula is C18H30N2. The summed E-state index contributed by atoms with van der Waals surface area (Å²) in [6, 6.07) is 12.2. The van der Waals surface area contributed by atoms with Gasteiger partial charge in [0.05, 0.1) is 0 Å². The van der Waals surface area contributed by atoms with Crippen LogP contribution in [0.2, 0.25) is 0 Å². The van der Waals surface area contributed by atoms with Crippen LogP contribution in [0.15, 0.2) is 30.3 Å². The molecule has 2 nitrogen and oxygen atoms in total. The van der Waals surface area contributed by atoms with Crippen molar-refractivity contribution in [1.82, 2.24) is 10.2 Å². The number of nitrogens with one attached hydrogen (secondary N) is 1. The summed E-state index contributed by atoms with van der Waals surface area (Å²) in [5.41, 5.74) is 1.42. The Morgan fingerprint density at radius 1 is 1.20 bits per heavy atom. The van der Waals surface area contributed by atoms with E-state index >= 15 is 0 Å². The summed E-state index contributed by atoms with van der Waals surface area (Å²) >= 11 is 0. The van der Waals surface area contributed by atoms with E-state index in [1.54, 1.807) is 0 Å². The van der Waals surface area contributed by atoms with Gasteiger partial charge < -0.3 is 5.32 Å². The van der Waals surface area contributed by atoms with Crippen LogP contribution in [0.25, 0.3) is 0 Å². The van der Waals surface area contributed by atoms with Crippen molar-refractivity contribution in [1.29, 1.82) is 0 Å². The average molecular weight is 274 g/mol. The predicted octanol–water partition coefficient (Wildman–Crippen LogP) is 3.68. The van der Waals surface area contributed by atoms with E-state index in [1.807, 2.05) is 0 Å².